The number of benzene rings is 1. The molecule has 18 heavy (non-hydrogen) atoms. The Bertz CT molecular complexity index is 481. The van der Waals surface area contributed by atoms with Gasteiger partial charge in [0, 0.05) is 30.3 Å². The molecule has 1 fully saturated rings. The lowest BCUT2D eigenvalue weighted by Gasteiger charge is -2.13. The third kappa shape index (κ3) is 2.59. The second kappa shape index (κ2) is 5.32. The van der Waals surface area contributed by atoms with Crippen LogP contribution in [0, 0.1) is 0 Å². The molecule has 2 aromatic rings. The van der Waals surface area contributed by atoms with Crippen LogP contribution in [-0.2, 0) is 6.54 Å². The van der Waals surface area contributed by atoms with E-state index < -0.39 is 0 Å². The van der Waals surface area contributed by atoms with Crippen molar-refractivity contribution < 1.29 is 4.90 Å². The van der Waals surface area contributed by atoms with Gasteiger partial charge in [0.2, 0.25) is 0 Å². The van der Waals surface area contributed by atoms with Crippen LogP contribution in [-0.4, -0.2) is 18.1 Å². The van der Waals surface area contributed by atoms with Crippen LogP contribution in [0.5, 0.6) is 0 Å². The van der Waals surface area contributed by atoms with Crippen molar-refractivity contribution in [2.45, 2.75) is 18.9 Å². The number of hydrogen-bond acceptors (Lipinski definition) is 1. The number of aromatic nitrogens is 1. The molecule has 1 aliphatic rings. The van der Waals surface area contributed by atoms with Crippen LogP contribution in [0.25, 0.3) is 0 Å². The van der Waals surface area contributed by atoms with Crippen LogP contribution in [0.15, 0.2) is 54.9 Å². The molecule has 0 aliphatic carbocycles. The van der Waals surface area contributed by atoms with E-state index in [4.69, 9.17) is 0 Å². The first-order valence-corrected chi connectivity index (χ1v) is 6.69. The van der Waals surface area contributed by atoms with Gasteiger partial charge in [-0.15, -0.1) is 0 Å². The van der Waals surface area contributed by atoms with Gasteiger partial charge in [0.1, 0.15) is 6.54 Å². The molecule has 0 bridgehead atoms. The monoisotopic (exact) mass is 239 g/mol. The Labute approximate surface area is 108 Å². The maximum Gasteiger partial charge on any atom is 0.103 e. The van der Waals surface area contributed by atoms with Crippen LogP contribution >= 0.6 is 0 Å². The Balaban J connectivity index is 1.62. The van der Waals surface area contributed by atoms with Crippen molar-refractivity contribution >= 4 is 0 Å². The third-order valence-corrected chi connectivity index (χ3v) is 3.86. The second-order valence-electron chi connectivity index (χ2n) is 5.13. The molecule has 1 N–H and O–H groups in total. The first-order valence-electron chi connectivity index (χ1n) is 6.69. The highest BCUT2D eigenvalue weighted by Crippen LogP contribution is 2.19. The molecule has 2 heterocycles. The summed E-state index contributed by atoms with van der Waals surface area (Å²) >= 11 is 0. The predicted molar refractivity (Wildman–Crippen MR) is 72.4 cm³/mol. The smallest absolute Gasteiger partial charge is 0.103 e. The quantitative estimate of drug-likeness (QED) is 0.862. The first-order chi connectivity index (χ1) is 8.92. The van der Waals surface area contributed by atoms with E-state index in [2.05, 4.69) is 47.4 Å². The summed E-state index contributed by atoms with van der Waals surface area (Å²) in [5.41, 5.74) is 2.90. The van der Waals surface area contributed by atoms with Crippen molar-refractivity contribution in [2.24, 2.45) is 0 Å². The molecule has 1 unspecified atom stereocenters. The van der Waals surface area contributed by atoms with Gasteiger partial charge in [-0.1, -0.05) is 30.3 Å². The molecule has 0 spiro atoms. The molecule has 1 aromatic heterocycles. The van der Waals surface area contributed by atoms with E-state index in [1.165, 1.54) is 30.6 Å². The Kier molecular flexibility index (Phi) is 3.37. The average Bonchev–Trinajstić information content (AvgIpc) is 2.89. The van der Waals surface area contributed by atoms with Gasteiger partial charge in [-0.2, -0.15) is 0 Å². The number of quaternary nitrogens is 1. The molecule has 92 valence electrons. The SMILES string of the molecule is c1ccc(C[NH+]2CC[C@@H](c3ccncc3)C2)cc1. The second-order valence-corrected chi connectivity index (χ2v) is 5.13. The maximum atomic E-state index is 4.10. The largest absolute Gasteiger partial charge is 0.331 e. The molecule has 0 saturated carbocycles. The molecule has 2 nitrogen and oxygen atoms in total. The number of nitrogens with one attached hydrogen (secondary N) is 1. The van der Waals surface area contributed by atoms with Crippen molar-refractivity contribution in [2.75, 3.05) is 13.1 Å². The van der Waals surface area contributed by atoms with Gasteiger partial charge in [0.25, 0.3) is 0 Å². The third-order valence-electron chi connectivity index (χ3n) is 3.86. The lowest BCUT2D eigenvalue weighted by molar-refractivity contribution is -0.902. The molecule has 1 saturated heterocycles. The Morgan fingerprint density at radius 2 is 1.83 bits per heavy atom. The molecule has 3 rings (SSSR count). The highest BCUT2D eigenvalue weighted by molar-refractivity contribution is 5.17. The van der Waals surface area contributed by atoms with E-state index in [1.54, 1.807) is 4.90 Å². The fraction of sp³-hybridized carbons (Fsp3) is 0.312. The molecule has 1 aromatic carbocycles. The van der Waals surface area contributed by atoms with Gasteiger partial charge in [0.05, 0.1) is 13.1 Å². The fourth-order valence-corrected chi connectivity index (χ4v) is 2.90. The standard InChI is InChI=1S/C16H18N2/c1-2-4-14(5-3-1)12-18-11-8-16(13-18)15-6-9-17-10-7-15/h1-7,9-10,16H,8,11-13H2/p+1/t16-/m1/s1. The summed E-state index contributed by atoms with van der Waals surface area (Å²) < 4.78 is 0. The zero-order chi connectivity index (χ0) is 12.2. The summed E-state index contributed by atoms with van der Waals surface area (Å²) in [7, 11) is 0. The summed E-state index contributed by atoms with van der Waals surface area (Å²) in [4.78, 5) is 5.79. The topological polar surface area (TPSA) is 17.3 Å². The van der Waals surface area contributed by atoms with E-state index in [0.717, 1.165) is 6.54 Å². The van der Waals surface area contributed by atoms with Crippen LogP contribution in [0.4, 0.5) is 0 Å². The normalized spacial score (nSPS) is 23.1. The van der Waals surface area contributed by atoms with Crippen molar-refractivity contribution in [1.82, 2.24) is 4.98 Å². The van der Waals surface area contributed by atoms with Gasteiger partial charge in [0.15, 0.2) is 0 Å². The highest BCUT2D eigenvalue weighted by Gasteiger charge is 2.27. The maximum absolute atomic E-state index is 4.10. The van der Waals surface area contributed by atoms with Gasteiger partial charge in [-0.25, -0.2) is 0 Å². The Morgan fingerprint density at radius 1 is 1.06 bits per heavy atom. The molecule has 0 radical (unpaired) electrons. The minimum atomic E-state index is 0.715. The van der Waals surface area contributed by atoms with Crippen LogP contribution in [0.3, 0.4) is 0 Å². The van der Waals surface area contributed by atoms with Gasteiger partial charge >= 0.3 is 0 Å². The molecule has 2 atom stereocenters. The number of nitrogens with zero attached hydrogens (tertiary/aromatic N) is 1. The molecule has 1 aliphatic heterocycles. The van der Waals surface area contributed by atoms with E-state index in [0.29, 0.717) is 5.92 Å². The Morgan fingerprint density at radius 3 is 2.61 bits per heavy atom. The van der Waals surface area contributed by atoms with E-state index in [9.17, 15) is 0 Å². The zero-order valence-electron chi connectivity index (χ0n) is 10.5. The fourth-order valence-electron chi connectivity index (χ4n) is 2.90. The average molecular weight is 239 g/mol. The zero-order valence-corrected chi connectivity index (χ0v) is 10.5. The van der Waals surface area contributed by atoms with Crippen molar-refractivity contribution in [3.63, 3.8) is 0 Å². The number of likely N-dealkylation sites (tertiary alicyclic amines) is 1. The Hall–Kier alpha value is -1.67. The summed E-state index contributed by atoms with van der Waals surface area (Å²) in [5, 5.41) is 0. The summed E-state index contributed by atoms with van der Waals surface area (Å²) in [6.45, 7) is 3.68. The van der Waals surface area contributed by atoms with Crippen LogP contribution in [0.1, 0.15) is 23.5 Å². The summed E-state index contributed by atoms with van der Waals surface area (Å²) in [6, 6.07) is 15.1. The highest BCUT2D eigenvalue weighted by atomic mass is 15.1. The molecular formula is C16H19N2+. The van der Waals surface area contributed by atoms with Crippen molar-refractivity contribution in [1.29, 1.82) is 0 Å². The number of rotatable bonds is 3. The van der Waals surface area contributed by atoms with Crippen molar-refractivity contribution in [3.8, 4) is 0 Å². The molecule has 0 amide bonds. The minimum absolute atomic E-state index is 0.715. The predicted octanol–water partition coefficient (Wildman–Crippen LogP) is 1.65. The van der Waals surface area contributed by atoms with Gasteiger partial charge < -0.3 is 4.90 Å². The molecular weight excluding hydrogens is 220 g/mol. The van der Waals surface area contributed by atoms with Gasteiger partial charge in [-0.3, -0.25) is 4.98 Å². The molecule has 2 heteroatoms. The lowest BCUT2D eigenvalue weighted by atomic mass is 10.00. The van der Waals surface area contributed by atoms with Crippen LogP contribution in [0.2, 0.25) is 0 Å². The van der Waals surface area contributed by atoms with Crippen molar-refractivity contribution in [3.05, 3.63) is 66.0 Å². The summed E-state index contributed by atoms with van der Waals surface area (Å²) in [5.74, 6) is 0.715. The van der Waals surface area contributed by atoms with E-state index in [1.807, 2.05) is 12.4 Å². The van der Waals surface area contributed by atoms with E-state index in [-0.39, 0.29) is 0 Å². The number of hydrogen-bond donors (Lipinski definition) is 1. The first kappa shape index (κ1) is 11.4. The minimum Gasteiger partial charge on any atom is -0.331 e. The summed E-state index contributed by atoms with van der Waals surface area (Å²) in [6.07, 6.45) is 5.11. The van der Waals surface area contributed by atoms with Gasteiger partial charge in [-0.05, 0) is 17.7 Å². The van der Waals surface area contributed by atoms with E-state index >= 15 is 0 Å². The number of pyridine rings is 1. The lowest BCUT2D eigenvalue weighted by Crippen LogP contribution is -3.08. The van der Waals surface area contributed by atoms with Crippen LogP contribution < -0.4 is 4.90 Å².